The van der Waals surface area contributed by atoms with Crippen LogP contribution < -0.4 is 5.32 Å². The molecule has 0 bridgehead atoms. The van der Waals surface area contributed by atoms with Crippen molar-refractivity contribution in [1.82, 2.24) is 5.32 Å². The largest absolute Gasteiger partial charge is 0.481 e. The van der Waals surface area contributed by atoms with Crippen LogP contribution in [0.4, 0.5) is 4.79 Å². The number of carbonyl (C=O) groups excluding carboxylic acids is 2. The lowest BCUT2D eigenvalue weighted by molar-refractivity contribution is -0.139. The Bertz CT molecular complexity index is 456. The molecule has 0 aromatic rings. The SMILES string of the molecule is CC(=O)C(CC(=O)O)NC(=O)OCCCC1OC(CO)C(O)C1O. The van der Waals surface area contributed by atoms with Crippen molar-refractivity contribution in [2.75, 3.05) is 13.2 Å². The van der Waals surface area contributed by atoms with E-state index < -0.39 is 61.3 Å². The Morgan fingerprint density at radius 3 is 2.33 bits per heavy atom. The first kappa shape index (κ1) is 20.3. The average molecular weight is 349 g/mol. The minimum absolute atomic E-state index is 0.0456. The second kappa shape index (κ2) is 9.52. The highest BCUT2D eigenvalue weighted by Gasteiger charge is 2.41. The van der Waals surface area contributed by atoms with Crippen LogP contribution in [0.25, 0.3) is 0 Å². The first-order valence-corrected chi connectivity index (χ1v) is 7.54. The van der Waals surface area contributed by atoms with E-state index in [1.807, 2.05) is 0 Å². The molecule has 0 aromatic heterocycles. The number of alkyl carbamates (subject to hydrolysis) is 1. The standard InChI is InChI=1S/C14H23NO9/c1-7(17)8(5-11(18)19)15-14(22)23-4-2-3-9-12(20)13(21)10(6-16)24-9/h8-10,12-13,16,20-21H,2-6H2,1H3,(H,15,22)(H,18,19). The minimum Gasteiger partial charge on any atom is -0.481 e. The van der Waals surface area contributed by atoms with Gasteiger partial charge in [-0.2, -0.15) is 0 Å². The number of hydrogen-bond donors (Lipinski definition) is 5. The van der Waals surface area contributed by atoms with Gasteiger partial charge in [0.25, 0.3) is 0 Å². The molecular formula is C14H23NO9. The summed E-state index contributed by atoms with van der Waals surface area (Å²) < 4.78 is 10.1. The molecule has 5 N–H and O–H groups in total. The van der Waals surface area contributed by atoms with Crippen molar-refractivity contribution < 1.29 is 44.3 Å². The molecule has 10 heteroatoms. The molecule has 0 aromatic carbocycles. The second-order valence-corrected chi connectivity index (χ2v) is 5.56. The fraction of sp³-hybridized carbons (Fsp3) is 0.786. The second-order valence-electron chi connectivity index (χ2n) is 5.56. The Kier molecular flexibility index (Phi) is 8.05. The van der Waals surface area contributed by atoms with Crippen LogP contribution in [0.15, 0.2) is 0 Å². The van der Waals surface area contributed by atoms with Gasteiger partial charge in [-0.25, -0.2) is 4.79 Å². The summed E-state index contributed by atoms with van der Waals surface area (Å²) in [7, 11) is 0. The number of hydrogen-bond acceptors (Lipinski definition) is 8. The highest BCUT2D eigenvalue weighted by Crippen LogP contribution is 2.24. The van der Waals surface area contributed by atoms with Crippen LogP contribution in [-0.4, -0.2) is 81.9 Å². The molecule has 1 saturated heterocycles. The topological polar surface area (TPSA) is 163 Å². The highest BCUT2D eigenvalue weighted by atomic mass is 16.6. The summed E-state index contributed by atoms with van der Waals surface area (Å²) in [5, 5.41) is 39.1. The number of Topliss-reactive ketones (excluding diaryl/α,β-unsaturated/α-hetero) is 1. The van der Waals surface area contributed by atoms with Crippen molar-refractivity contribution in [2.24, 2.45) is 0 Å². The molecule has 0 saturated carbocycles. The molecule has 1 aliphatic rings. The van der Waals surface area contributed by atoms with E-state index in [2.05, 4.69) is 5.32 Å². The Morgan fingerprint density at radius 2 is 1.83 bits per heavy atom. The van der Waals surface area contributed by atoms with Gasteiger partial charge in [-0.05, 0) is 19.8 Å². The molecule has 1 aliphatic heterocycles. The normalized spacial score (nSPS) is 27.5. The number of aliphatic carboxylic acids is 1. The van der Waals surface area contributed by atoms with E-state index in [1.165, 1.54) is 0 Å². The molecule has 138 valence electrons. The smallest absolute Gasteiger partial charge is 0.407 e. The van der Waals surface area contributed by atoms with E-state index in [1.54, 1.807) is 0 Å². The number of aliphatic hydroxyl groups is 3. The van der Waals surface area contributed by atoms with Gasteiger partial charge < -0.3 is 35.2 Å². The lowest BCUT2D eigenvalue weighted by atomic mass is 10.0. The van der Waals surface area contributed by atoms with Crippen LogP contribution in [0.2, 0.25) is 0 Å². The van der Waals surface area contributed by atoms with Crippen molar-refractivity contribution in [2.45, 2.75) is 56.6 Å². The summed E-state index contributed by atoms with van der Waals surface area (Å²) in [5.74, 6) is -1.72. The molecule has 1 fully saturated rings. The van der Waals surface area contributed by atoms with Gasteiger partial charge in [-0.3, -0.25) is 9.59 Å². The Labute approximate surface area is 138 Å². The summed E-state index contributed by atoms with van der Waals surface area (Å²) in [6.07, 6.45) is -4.69. The average Bonchev–Trinajstić information content (AvgIpc) is 2.78. The van der Waals surface area contributed by atoms with E-state index >= 15 is 0 Å². The molecule has 1 heterocycles. The number of ether oxygens (including phenoxy) is 2. The Balaban J connectivity index is 2.28. The lowest BCUT2D eigenvalue weighted by Gasteiger charge is -2.16. The van der Waals surface area contributed by atoms with Crippen molar-refractivity contribution in [3.8, 4) is 0 Å². The fourth-order valence-electron chi connectivity index (χ4n) is 2.32. The third kappa shape index (κ3) is 6.04. The Hall–Kier alpha value is -1.75. The molecular weight excluding hydrogens is 326 g/mol. The zero-order chi connectivity index (χ0) is 18.3. The monoisotopic (exact) mass is 349 g/mol. The molecule has 24 heavy (non-hydrogen) atoms. The van der Waals surface area contributed by atoms with Crippen molar-refractivity contribution >= 4 is 17.8 Å². The van der Waals surface area contributed by atoms with Crippen LogP contribution in [0.5, 0.6) is 0 Å². The van der Waals surface area contributed by atoms with Gasteiger partial charge in [-0.15, -0.1) is 0 Å². The van der Waals surface area contributed by atoms with Gasteiger partial charge in [0.2, 0.25) is 0 Å². The molecule has 10 nitrogen and oxygen atoms in total. The van der Waals surface area contributed by atoms with E-state index in [-0.39, 0.29) is 13.0 Å². The maximum atomic E-state index is 11.5. The summed E-state index contributed by atoms with van der Waals surface area (Å²) in [6.45, 7) is 0.704. The van der Waals surface area contributed by atoms with Crippen LogP contribution in [0.3, 0.4) is 0 Å². The molecule has 5 atom stereocenters. The van der Waals surface area contributed by atoms with Crippen LogP contribution in [-0.2, 0) is 19.1 Å². The minimum atomic E-state index is -1.22. The predicted octanol–water partition coefficient (Wildman–Crippen LogP) is -1.59. The summed E-state index contributed by atoms with van der Waals surface area (Å²) >= 11 is 0. The van der Waals surface area contributed by atoms with E-state index in [0.717, 1.165) is 6.92 Å². The van der Waals surface area contributed by atoms with Gasteiger partial charge in [-0.1, -0.05) is 0 Å². The van der Waals surface area contributed by atoms with Crippen LogP contribution >= 0.6 is 0 Å². The number of carboxylic acids is 1. The van der Waals surface area contributed by atoms with Gasteiger partial charge in [0.15, 0.2) is 5.78 Å². The summed E-state index contributed by atoms with van der Waals surface area (Å²) in [6, 6.07) is -1.16. The first-order chi connectivity index (χ1) is 11.3. The molecule has 1 rings (SSSR count). The highest BCUT2D eigenvalue weighted by molar-refractivity contribution is 5.88. The van der Waals surface area contributed by atoms with Gasteiger partial charge in [0, 0.05) is 0 Å². The maximum absolute atomic E-state index is 11.5. The predicted molar refractivity (Wildman–Crippen MR) is 78.2 cm³/mol. The number of carbonyl (C=O) groups is 3. The Morgan fingerprint density at radius 1 is 1.21 bits per heavy atom. The third-order valence-corrected chi connectivity index (χ3v) is 3.67. The number of amides is 1. The van der Waals surface area contributed by atoms with Crippen molar-refractivity contribution in [3.63, 3.8) is 0 Å². The molecule has 0 spiro atoms. The molecule has 0 aliphatic carbocycles. The molecule has 5 unspecified atom stereocenters. The maximum Gasteiger partial charge on any atom is 0.407 e. The van der Waals surface area contributed by atoms with E-state index in [0.29, 0.717) is 6.42 Å². The van der Waals surface area contributed by atoms with Crippen LogP contribution in [0.1, 0.15) is 26.2 Å². The number of ketones is 1. The molecule has 0 radical (unpaired) electrons. The first-order valence-electron chi connectivity index (χ1n) is 7.54. The van der Waals surface area contributed by atoms with E-state index in [9.17, 15) is 24.6 Å². The number of carboxylic acid groups (broad SMARTS) is 1. The van der Waals surface area contributed by atoms with Crippen LogP contribution in [0, 0.1) is 0 Å². The van der Waals surface area contributed by atoms with E-state index in [4.69, 9.17) is 19.7 Å². The van der Waals surface area contributed by atoms with Crippen molar-refractivity contribution in [1.29, 1.82) is 0 Å². The van der Waals surface area contributed by atoms with Gasteiger partial charge in [0.1, 0.15) is 24.4 Å². The number of aliphatic hydroxyl groups excluding tert-OH is 3. The van der Waals surface area contributed by atoms with Crippen molar-refractivity contribution in [3.05, 3.63) is 0 Å². The molecule has 1 amide bonds. The lowest BCUT2D eigenvalue weighted by Crippen LogP contribution is -2.41. The zero-order valence-corrected chi connectivity index (χ0v) is 13.3. The quantitative estimate of drug-likeness (QED) is 0.309. The zero-order valence-electron chi connectivity index (χ0n) is 13.3. The summed E-state index contributed by atoms with van der Waals surface area (Å²) in [4.78, 5) is 33.3. The number of nitrogens with one attached hydrogen (secondary N) is 1. The number of rotatable bonds is 9. The third-order valence-electron chi connectivity index (χ3n) is 3.67. The van der Waals surface area contributed by atoms with Gasteiger partial charge in [0.05, 0.1) is 25.7 Å². The fourth-order valence-corrected chi connectivity index (χ4v) is 2.32. The summed E-state index contributed by atoms with van der Waals surface area (Å²) in [5.41, 5.74) is 0. The van der Waals surface area contributed by atoms with Gasteiger partial charge >= 0.3 is 12.1 Å².